The van der Waals surface area contributed by atoms with Crippen molar-refractivity contribution in [2.24, 2.45) is 0 Å². The Bertz CT molecular complexity index is 1360. The van der Waals surface area contributed by atoms with Crippen molar-refractivity contribution < 1.29 is 9.53 Å². The number of rotatable bonds is 5. The average molecular weight is 469 g/mol. The van der Waals surface area contributed by atoms with E-state index in [4.69, 9.17) is 27.9 Å². The number of nitrogens with zero attached hydrogens (tertiary/aromatic N) is 4. The van der Waals surface area contributed by atoms with Gasteiger partial charge in [0.2, 0.25) is 0 Å². The molecule has 0 amide bonds. The number of hydrogen-bond donors (Lipinski definition) is 0. The van der Waals surface area contributed by atoms with Gasteiger partial charge in [0.05, 0.1) is 33.9 Å². The number of aromatic nitrogens is 4. The molecule has 4 rings (SSSR count). The van der Waals surface area contributed by atoms with E-state index >= 15 is 0 Å². The standard InChI is InChI=1S/C23H18Cl2N4O3/c1-14-11-15(2)28(27-14)17-9-7-16(8-10-17)13-32-23(31)18-5-3-4-6-20(18)29-22(30)21(25)19(24)12-26-29/h3-12H,13H2,1-2H3. The zero-order chi connectivity index (χ0) is 22.8. The molecule has 32 heavy (non-hydrogen) atoms. The van der Waals surface area contributed by atoms with E-state index in [2.05, 4.69) is 10.2 Å². The molecule has 0 N–H and O–H groups in total. The number of carbonyl (C=O) groups excluding carboxylic acids is 1. The molecule has 0 aliphatic carbocycles. The summed E-state index contributed by atoms with van der Waals surface area (Å²) in [6.45, 7) is 3.99. The quantitative estimate of drug-likeness (QED) is 0.396. The molecule has 0 aliphatic heterocycles. The third-order valence-corrected chi connectivity index (χ3v) is 5.54. The molecule has 0 bridgehead atoms. The summed E-state index contributed by atoms with van der Waals surface area (Å²) in [5.41, 5.74) is 3.51. The van der Waals surface area contributed by atoms with Crippen LogP contribution in [0.2, 0.25) is 10.0 Å². The number of halogens is 2. The lowest BCUT2D eigenvalue weighted by Gasteiger charge is -2.11. The molecule has 2 aromatic heterocycles. The van der Waals surface area contributed by atoms with Crippen molar-refractivity contribution in [2.45, 2.75) is 20.5 Å². The van der Waals surface area contributed by atoms with Crippen LogP contribution in [0.15, 0.2) is 65.6 Å². The minimum absolute atomic E-state index is 0.0388. The van der Waals surface area contributed by atoms with Gasteiger partial charge in [-0.05, 0) is 49.7 Å². The Labute approximate surface area is 193 Å². The van der Waals surface area contributed by atoms with Gasteiger partial charge in [0, 0.05) is 5.69 Å². The lowest BCUT2D eigenvalue weighted by Crippen LogP contribution is -2.23. The third kappa shape index (κ3) is 4.30. The molecule has 0 spiro atoms. The number of benzene rings is 2. The van der Waals surface area contributed by atoms with Gasteiger partial charge in [-0.1, -0.05) is 47.5 Å². The molecule has 4 aromatic rings. The molecule has 7 nitrogen and oxygen atoms in total. The fraction of sp³-hybridized carbons (Fsp3) is 0.130. The molecule has 0 saturated heterocycles. The molecule has 0 atom stereocenters. The monoisotopic (exact) mass is 468 g/mol. The summed E-state index contributed by atoms with van der Waals surface area (Å²) in [5, 5.41) is 8.32. The van der Waals surface area contributed by atoms with Gasteiger partial charge < -0.3 is 4.74 Å². The van der Waals surface area contributed by atoms with Crippen molar-refractivity contribution in [2.75, 3.05) is 0 Å². The molecular weight excluding hydrogens is 451 g/mol. The summed E-state index contributed by atoms with van der Waals surface area (Å²) in [7, 11) is 0. The van der Waals surface area contributed by atoms with Crippen LogP contribution in [0.5, 0.6) is 0 Å². The van der Waals surface area contributed by atoms with E-state index in [-0.39, 0.29) is 27.9 Å². The summed E-state index contributed by atoms with van der Waals surface area (Å²) in [6, 6.07) is 16.1. The van der Waals surface area contributed by atoms with Gasteiger partial charge in [0.1, 0.15) is 11.6 Å². The van der Waals surface area contributed by atoms with Gasteiger partial charge in [-0.3, -0.25) is 4.79 Å². The van der Waals surface area contributed by atoms with Crippen molar-refractivity contribution >= 4 is 29.2 Å². The molecule has 9 heteroatoms. The maximum absolute atomic E-state index is 12.8. The first kappa shape index (κ1) is 21.8. The second kappa shape index (κ2) is 8.98. The summed E-state index contributed by atoms with van der Waals surface area (Å²) in [5.74, 6) is -0.594. The first-order chi connectivity index (χ1) is 15.3. The van der Waals surface area contributed by atoms with Crippen molar-refractivity contribution in [3.8, 4) is 11.4 Å². The number of carbonyl (C=O) groups is 1. The molecular formula is C23H18Cl2N4O3. The molecule has 162 valence electrons. The highest BCUT2D eigenvalue weighted by molar-refractivity contribution is 6.41. The van der Waals surface area contributed by atoms with Gasteiger partial charge in [0.25, 0.3) is 5.56 Å². The van der Waals surface area contributed by atoms with Crippen molar-refractivity contribution in [1.82, 2.24) is 19.6 Å². The lowest BCUT2D eigenvalue weighted by atomic mass is 10.1. The number of para-hydroxylation sites is 1. The molecule has 0 fully saturated rings. The van der Waals surface area contributed by atoms with E-state index in [1.54, 1.807) is 24.3 Å². The third-order valence-electron chi connectivity index (χ3n) is 4.79. The van der Waals surface area contributed by atoms with Crippen molar-refractivity contribution in [3.63, 3.8) is 0 Å². The van der Waals surface area contributed by atoms with Gasteiger partial charge in [0.15, 0.2) is 0 Å². The van der Waals surface area contributed by atoms with E-state index in [1.165, 1.54) is 6.20 Å². The maximum atomic E-state index is 12.8. The average Bonchev–Trinajstić information content (AvgIpc) is 3.14. The van der Waals surface area contributed by atoms with Crippen LogP contribution >= 0.6 is 23.2 Å². The van der Waals surface area contributed by atoms with E-state index in [1.807, 2.05) is 48.9 Å². The fourth-order valence-electron chi connectivity index (χ4n) is 3.27. The van der Waals surface area contributed by atoms with Gasteiger partial charge >= 0.3 is 5.97 Å². The van der Waals surface area contributed by atoms with Crippen LogP contribution in [0.1, 0.15) is 27.3 Å². The second-order valence-electron chi connectivity index (χ2n) is 7.12. The molecule has 2 aromatic carbocycles. The van der Waals surface area contributed by atoms with E-state index in [9.17, 15) is 9.59 Å². The normalized spacial score (nSPS) is 10.9. The Balaban J connectivity index is 1.53. The van der Waals surface area contributed by atoms with Crippen LogP contribution < -0.4 is 5.56 Å². The molecule has 0 radical (unpaired) electrons. The lowest BCUT2D eigenvalue weighted by molar-refractivity contribution is 0.0472. The number of ether oxygens (including phenoxy) is 1. The Kier molecular flexibility index (Phi) is 6.12. The second-order valence-corrected chi connectivity index (χ2v) is 7.91. The van der Waals surface area contributed by atoms with Crippen LogP contribution in [0.4, 0.5) is 0 Å². The van der Waals surface area contributed by atoms with Gasteiger partial charge in [-0.15, -0.1) is 0 Å². The smallest absolute Gasteiger partial charge is 0.340 e. The Morgan fingerprint density at radius 1 is 1.03 bits per heavy atom. The van der Waals surface area contributed by atoms with Crippen molar-refractivity contribution in [3.05, 3.63) is 104 Å². The van der Waals surface area contributed by atoms with Gasteiger partial charge in [-0.2, -0.15) is 14.9 Å². The van der Waals surface area contributed by atoms with Crippen LogP contribution in [-0.4, -0.2) is 25.5 Å². The highest BCUT2D eigenvalue weighted by Gasteiger charge is 2.17. The summed E-state index contributed by atoms with van der Waals surface area (Å²) in [6.07, 6.45) is 1.25. The number of hydrogen-bond acceptors (Lipinski definition) is 5. The highest BCUT2D eigenvalue weighted by atomic mass is 35.5. The zero-order valence-electron chi connectivity index (χ0n) is 17.3. The summed E-state index contributed by atoms with van der Waals surface area (Å²) >= 11 is 11.8. The SMILES string of the molecule is Cc1cc(C)n(-c2ccc(COC(=O)c3ccccc3-n3ncc(Cl)c(Cl)c3=O)cc2)n1. The largest absolute Gasteiger partial charge is 0.457 e. The Hall–Kier alpha value is -3.42. The van der Waals surface area contributed by atoms with E-state index in [0.717, 1.165) is 27.3 Å². The Morgan fingerprint density at radius 3 is 2.44 bits per heavy atom. The summed E-state index contributed by atoms with van der Waals surface area (Å²) < 4.78 is 8.35. The van der Waals surface area contributed by atoms with Gasteiger partial charge in [-0.25, -0.2) is 9.48 Å². The predicted octanol–water partition coefficient (Wildman–Crippen LogP) is 4.70. The predicted molar refractivity (Wildman–Crippen MR) is 122 cm³/mol. The molecule has 0 saturated carbocycles. The molecule has 2 heterocycles. The molecule has 0 aliphatic rings. The Morgan fingerprint density at radius 2 is 1.75 bits per heavy atom. The minimum Gasteiger partial charge on any atom is -0.457 e. The molecule has 0 unspecified atom stereocenters. The summed E-state index contributed by atoms with van der Waals surface area (Å²) in [4.78, 5) is 25.2. The first-order valence-corrected chi connectivity index (χ1v) is 10.4. The zero-order valence-corrected chi connectivity index (χ0v) is 18.8. The van der Waals surface area contributed by atoms with Crippen LogP contribution in [0.25, 0.3) is 11.4 Å². The highest BCUT2D eigenvalue weighted by Crippen LogP contribution is 2.19. The topological polar surface area (TPSA) is 79.0 Å². The minimum atomic E-state index is -0.626. The fourth-order valence-corrected chi connectivity index (χ4v) is 3.52. The van der Waals surface area contributed by atoms with Crippen molar-refractivity contribution in [1.29, 1.82) is 0 Å². The number of aryl methyl sites for hydroxylation is 2. The van der Waals surface area contributed by atoms with E-state index < -0.39 is 11.5 Å². The number of esters is 1. The van der Waals surface area contributed by atoms with Crippen LogP contribution in [-0.2, 0) is 11.3 Å². The first-order valence-electron chi connectivity index (χ1n) is 9.67. The maximum Gasteiger partial charge on any atom is 0.340 e. The van der Waals surface area contributed by atoms with Crippen LogP contribution in [0, 0.1) is 13.8 Å². The van der Waals surface area contributed by atoms with Crippen LogP contribution in [0.3, 0.4) is 0 Å². The van der Waals surface area contributed by atoms with E-state index in [0.29, 0.717) is 0 Å².